The highest BCUT2D eigenvalue weighted by Gasteiger charge is 2.11. The minimum absolute atomic E-state index is 0.0259. The Kier molecular flexibility index (Phi) is 5.14. The van der Waals surface area contributed by atoms with Crippen LogP contribution in [0.1, 0.15) is 15.9 Å². The molecule has 0 saturated carbocycles. The summed E-state index contributed by atoms with van der Waals surface area (Å²) < 4.78 is 0. The highest BCUT2D eigenvalue weighted by molar-refractivity contribution is 6.06. The average molecular weight is 345 g/mol. The maximum Gasteiger partial charge on any atom is 0.278 e. The van der Waals surface area contributed by atoms with Crippen LogP contribution in [0.2, 0.25) is 0 Å². The molecule has 6 heteroatoms. The van der Waals surface area contributed by atoms with Crippen molar-refractivity contribution in [3.8, 4) is 0 Å². The van der Waals surface area contributed by atoms with Gasteiger partial charge in [-0.05, 0) is 30.3 Å². The van der Waals surface area contributed by atoms with Gasteiger partial charge < -0.3 is 5.32 Å². The summed E-state index contributed by atoms with van der Waals surface area (Å²) in [4.78, 5) is 27.3. The minimum Gasteiger partial charge on any atom is -0.320 e. The van der Waals surface area contributed by atoms with Crippen molar-refractivity contribution in [2.24, 2.45) is 4.99 Å². The normalized spacial score (nSPS) is 10.6. The fraction of sp³-hybridized carbons (Fsp3) is 0. The van der Waals surface area contributed by atoms with E-state index in [-0.39, 0.29) is 11.6 Å². The smallest absolute Gasteiger partial charge is 0.278 e. The number of nitrogens with zero attached hydrogens (tertiary/aromatic N) is 2. The minimum atomic E-state index is -0.454. The summed E-state index contributed by atoms with van der Waals surface area (Å²) in [7, 11) is 0. The van der Waals surface area contributed by atoms with Crippen LogP contribution in [0, 0.1) is 10.1 Å². The maximum atomic E-state index is 12.3. The molecule has 0 aromatic heterocycles. The molecule has 6 nitrogen and oxygen atoms in total. The molecule has 1 amide bonds. The van der Waals surface area contributed by atoms with Crippen LogP contribution in [0.5, 0.6) is 0 Å². The largest absolute Gasteiger partial charge is 0.320 e. The maximum absolute atomic E-state index is 12.3. The van der Waals surface area contributed by atoms with Gasteiger partial charge in [0.2, 0.25) is 0 Å². The number of amides is 1. The number of carbonyl (C=O) groups excluding carboxylic acids is 1. The van der Waals surface area contributed by atoms with Crippen molar-refractivity contribution in [2.45, 2.75) is 0 Å². The number of nitro groups is 1. The summed E-state index contributed by atoms with van der Waals surface area (Å²) in [5.74, 6) is -0.251. The van der Waals surface area contributed by atoms with E-state index in [0.29, 0.717) is 22.5 Å². The molecule has 1 N–H and O–H groups in total. The molecule has 128 valence electrons. The van der Waals surface area contributed by atoms with Gasteiger partial charge in [-0.2, -0.15) is 0 Å². The summed E-state index contributed by atoms with van der Waals surface area (Å²) in [5, 5.41) is 13.9. The fourth-order valence-corrected chi connectivity index (χ4v) is 2.38. The molecule has 0 unspecified atom stereocenters. The number of rotatable bonds is 5. The quantitative estimate of drug-likeness (QED) is 0.417. The Labute approximate surface area is 150 Å². The summed E-state index contributed by atoms with van der Waals surface area (Å²) in [5.41, 5.74) is 1.93. The summed E-state index contributed by atoms with van der Waals surface area (Å²) in [6.07, 6.45) is 1.42. The molecule has 3 rings (SSSR count). The van der Waals surface area contributed by atoms with Crippen LogP contribution in [-0.4, -0.2) is 17.0 Å². The van der Waals surface area contributed by atoms with E-state index < -0.39 is 4.92 Å². The summed E-state index contributed by atoms with van der Waals surface area (Å²) >= 11 is 0. The molecule has 0 aliphatic carbocycles. The summed E-state index contributed by atoms with van der Waals surface area (Å²) in [6, 6.07) is 22.2. The van der Waals surface area contributed by atoms with Gasteiger partial charge in [-0.1, -0.05) is 42.5 Å². The Balaban J connectivity index is 1.86. The Bertz CT molecular complexity index is 969. The van der Waals surface area contributed by atoms with Crippen LogP contribution < -0.4 is 5.32 Å². The van der Waals surface area contributed by atoms with Gasteiger partial charge in [0.15, 0.2) is 0 Å². The number of carbonyl (C=O) groups is 1. The molecule has 0 saturated heterocycles. The van der Waals surface area contributed by atoms with Crippen molar-refractivity contribution in [3.63, 3.8) is 0 Å². The standard InChI is InChI=1S/C20H15N3O3/c24-20(15-8-2-1-3-9-15)22-18-12-6-5-11-17(18)21-14-16-10-4-7-13-19(16)23(25)26/h1-14H,(H,22,24). The molecule has 0 fully saturated rings. The average Bonchev–Trinajstić information content (AvgIpc) is 2.68. The fourth-order valence-electron chi connectivity index (χ4n) is 2.38. The highest BCUT2D eigenvalue weighted by atomic mass is 16.6. The monoisotopic (exact) mass is 345 g/mol. The predicted octanol–water partition coefficient (Wildman–Crippen LogP) is 4.60. The van der Waals surface area contributed by atoms with Crippen molar-refractivity contribution in [1.82, 2.24) is 0 Å². The van der Waals surface area contributed by atoms with Crippen LogP contribution in [0.15, 0.2) is 83.9 Å². The first-order chi connectivity index (χ1) is 12.6. The topological polar surface area (TPSA) is 84.6 Å². The third kappa shape index (κ3) is 3.99. The second-order valence-electron chi connectivity index (χ2n) is 5.41. The molecule has 0 spiro atoms. The predicted molar refractivity (Wildman–Crippen MR) is 101 cm³/mol. The van der Waals surface area contributed by atoms with Gasteiger partial charge in [-0.3, -0.25) is 19.9 Å². The first-order valence-electron chi connectivity index (χ1n) is 7.88. The van der Waals surface area contributed by atoms with Crippen LogP contribution in [0.3, 0.4) is 0 Å². The number of para-hydroxylation sites is 3. The molecule has 0 bridgehead atoms. The zero-order valence-electron chi connectivity index (χ0n) is 13.7. The van der Waals surface area contributed by atoms with Crippen molar-refractivity contribution in [2.75, 3.05) is 5.32 Å². The molecule has 3 aromatic rings. The van der Waals surface area contributed by atoms with E-state index in [4.69, 9.17) is 0 Å². The van der Waals surface area contributed by atoms with Gasteiger partial charge in [0.05, 0.1) is 21.9 Å². The van der Waals surface area contributed by atoms with E-state index >= 15 is 0 Å². The molecule has 0 aliphatic rings. The van der Waals surface area contributed by atoms with Gasteiger partial charge in [0.1, 0.15) is 0 Å². The number of aliphatic imine (C=N–C) groups is 1. The van der Waals surface area contributed by atoms with Crippen molar-refractivity contribution in [3.05, 3.63) is 100 Å². The number of hydrogen-bond acceptors (Lipinski definition) is 4. The Morgan fingerprint density at radius 3 is 2.35 bits per heavy atom. The lowest BCUT2D eigenvalue weighted by atomic mass is 10.2. The molecule has 26 heavy (non-hydrogen) atoms. The van der Waals surface area contributed by atoms with E-state index in [1.807, 2.05) is 6.07 Å². The number of hydrogen-bond donors (Lipinski definition) is 1. The van der Waals surface area contributed by atoms with Crippen LogP contribution >= 0.6 is 0 Å². The molecular weight excluding hydrogens is 330 g/mol. The number of anilines is 1. The van der Waals surface area contributed by atoms with Gasteiger partial charge in [0, 0.05) is 17.8 Å². The van der Waals surface area contributed by atoms with Crippen LogP contribution in [0.25, 0.3) is 0 Å². The molecule has 0 radical (unpaired) electrons. The Hall–Kier alpha value is -3.80. The van der Waals surface area contributed by atoms with Gasteiger partial charge in [-0.25, -0.2) is 0 Å². The molecule has 3 aromatic carbocycles. The molecule has 0 aliphatic heterocycles. The lowest BCUT2D eigenvalue weighted by molar-refractivity contribution is -0.385. The molecule has 0 atom stereocenters. The molecule has 0 heterocycles. The van der Waals surface area contributed by atoms with E-state index in [1.54, 1.807) is 66.7 Å². The summed E-state index contributed by atoms with van der Waals surface area (Å²) in [6.45, 7) is 0. The van der Waals surface area contributed by atoms with Crippen molar-refractivity contribution in [1.29, 1.82) is 0 Å². The lowest BCUT2D eigenvalue weighted by Crippen LogP contribution is -2.11. The van der Waals surface area contributed by atoms with E-state index in [0.717, 1.165) is 0 Å². The molecular formula is C20H15N3O3. The van der Waals surface area contributed by atoms with Gasteiger partial charge >= 0.3 is 0 Å². The van der Waals surface area contributed by atoms with Crippen molar-refractivity contribution >= 4 is 29.2 Å². The van der Waals surface area contributed by atoms with Gasteiger partial charge in [0.25, 0.3) is 11.6 Å². The van der Waals surface area contributed by atoms with Crippen LogP contribution in [0.4, 0.5) is 17.1 Å². The van der Waals surface area contributed by atoms with Crippen LogP contribution in [-0.2, 0) is 0 Å². The van der Waals surface area contributed by atoms with Crippen molar-refractivity contribution < 1.29 is 9.72 Å². The van der Waals surface area contributed by atoms with Gasteiger partial charge in [-0.15, -0.1) is 0 Å². The Morgan fingerprint density at radius 2 is 1.58 bits per heavy atom. The third-order valence-corrected chi connectivity index (χ3v) is 3.66. The second-order valence-corrected chi connectivity index (χ2v) is 5.41. The number of benzene rings is 3. The lowest BCUT2D eigenvalue weighted by Gasteiger charge is -2.08. The number of nitro benzene ring substituents is 1. The first kappa shape index (κ1) is 17.0. The van der Waals surface area contributed by atoms with E-state index in [1.165, 1.54) is 12.3 Å². The zero-order chi connectivity index (χ0) is 18.4. The van der Waals surface area contributed by atoms with E-state index in [2.05, 4.69) is 10.3 Å². The number of nitrogens with one attached hydrogen (secondary N) is 1. The third-order valence-electron chi connectivity index (χ3n) is 3.66. The zero-order valence-corrected chi connectivity index (χ0v) is 13.7. The van der Waals surface area contributed by atoms with E-state index in [9.17, 15) is 14.9 Å². The Morgan fingerprint density at radius 1 is 0.923 bits per heavy atom. The first-order valence-corrected chi connectivity index (χ1v) is 7.88. The second kappa shape index (κ2) is 7.85. The SMILES string of the molecule is O=C(Nc1ccccc1N=Cc1ccccc1[N+](=O)[O-])c1ccccc1. The highest BCUT2D eigenvalue weighted by Crippen LogP contribution is 2.25.